The van der Waals surface area contributed by atoms with E-state index >= 15 is 0 Å². The summed E-state index contributed by atoms with van der Waals surface area (Å²) in [5.41, 5.74) is 8.52. The molecule has 15 heavy (non-hydrogen) atoms. The number of aromatic nitrogens is 1. The SMILES string of the molecule is Cc1ccc(Nc2cccc(N)c2)nc1. The molecule has 1 aromatic heterocycles. The molecule has 2 rings (SSSR count). The Balaban J connectivity index is 2.18. The van der Waals surface area contributed by atoms with Gasteiger partial charge in [0.2, 0.25) is 0 Å². The summed E-state index contributed by atoms with van der Waals surface area (Å²) >= 11 is 0. The maximum atomic E-state index is 5.68. The third-order valence-electron chi connectivity index (χ3n) is 2.07. The highest BCUT2D eigenvalue weighted by molar-refractivity contribution is 5.61. The Kier molecular flexibility index (Phi) is 2.54. The molecule has 1 aromatic carbocycles. The van der Waals surface area contributed by atoms with Crippen LogP contribution in [-0.4, -0.2) is 4.98 Å². The van der Waals surface area contributed by atoms with Crippen molar-refractivity contribution in [1.82, 2.24) is 4.98 Å². The van der Waals surface area contributed by atoms with Crippen LogP contribution in [-0.2, 0) is 0 Å². The highest BCUT2D eigenvalue weighted by Gasteiger charge is 1.95. The van der Waals surface area contributed by atoms with E-state index in [0.29, 0.717) is 0 Å². The van der Waals surface area contributed by atoms with Gasteiger partial charge in [0, 0.05) is 17.6 Å². The summed E-state index contributed by atoms with van der Waals surface area (Å²) in [7, 11) is 0. The number of hydrogen-bond acceptors (Lipinski definition) is 3. The second-order valence-electron chi connectivity index (χ2n) is 3.47. The molecule has 3 nitrogen and oxygen atoms in total. The molecule has 3 heteroatoms. The van der Waals surface area contributed by atoms with Crippen LogP contribution in [0, 0.1) is 6.92 Å². The molecular formula is C12H13N3. The first-order valence-corrected chi connectivity index (χ1v) is 4.79. The lowest BCUT2D eigenvalue weighted by molar-refractivity contribution is 1.26. The van der Waals surface area contributed by atoms with Crippen molar-refractivity contribution in [2.75, 3.05) is 11.1 Å². The van der Waals surface area contributed by atoms with Gasteiger partial charge in [0.1, 0.15) is 5.82 Å². The van der Waals surface area contributed by atoms with Gasteiger partial charge in [-0.2, -0.15) is 0 Å². The van der Waals surface area contributed by atoms with E-state index in [-0.39, 0.29) is 0 Å². The van der Waals surface area contributed by atoms with Crippen LogP contribution in [0.15, 0.2) is 42.6 Å². The second kappa shape index (κ2) is 4.00. The Hall–Kier alpha value is -2.03. The maximum absolute atomic E-state index is 5.68. The number of anilines is 3. The van der Waals surface area contributed by atoms with E-state index in [1.54, 1.807) is 0 Å². The standard InChI is InChI=1S/C12H13N3/c1-9-5-6-12(14-8-9)15-11-4-2-3-10(13)7-11/h2-8H,13H2,1H3,(H,14,15). The fourth-order valence-electron chi connectivity index (χ4n) is 1.31. The molecule has 0 spiro atoms. The molecular weight excluding hydrogens is 186 g/mol. The van der Waals surface area contributed by atoms with Gasteiger partial charge in [0.05, 0.1) is 0 Å². The quantitative estimate of drug-likeness (QED) is 0.731. The van der Waals surface area contributed by atoms with Gasteiger partial charge >= 0.3 is 0 Å². The number of nitrogens with one attached hydrogen (secondary N) is 1. The number of aryl methyl sites for hydroxylation is 1. The molecule has 0 fully saturated rings. The van der Waals surface area contributed by atoms with Crippen molar-refractivity contribution >= 4 is 17.2 Å². The van der Waals surface area contributed by atoms with Crippen molar-refractivity contribution in [3.05, 3.63) is 48.2 Å². The minimum atomic E-state index is 0.743. The van der Waals surface area contributed by atoms with Crippen molar-refractivity contribution < 1.29 is 0 Å². The summed E-state index contributed by atoms with van der Waals surface area (Å²) in [4.78, 5) is 4.25. The van der Waals surface area contributed by atoms with Crippen molar-refractivity contribution in [3.63, 3.8) is 0 Å². The van der Waals surface area contributed by atoms with Crippen LogP contribution in [0.25, 0.3) is 0 Å². The molecule has 0 aliphatic carbocycles. The first kappa shape index (κ1) is 9.52. The monoisotopic (exact) mass is 199 g/mol. The van der Waals surface area contributed by atoms with E-state index in [0.717, 1.165) is 22.8 Å². The van der Waals surface area contributed by atoms with Gasteiger partial charge in [-0.3, -0.25) is 0 Å². The van der Waals surface area contributed by atoms with Crippen molar-refractivity contribution in [2.24, 2.45) is 0 Å². The first-order valence-electron chi connectivity index (χ1n) is 4.79. The Bertz CT molecular complexity index is 449. The fraction of sp³-hybridized carbons (Fsp3) is 0.0833. The number of nitrogen functional groups attached to an aromatic ring is 1. The van der Waals surface area contributed by atoms with Crippen LogP contribution >= 0.6 is 0 Å². The number of pyridine rings is 1. The minimum absolute atomic E-state index is 0.743. The average molecular weight is 199 g/mol. The molecule has 0 bridgehead atoms. The van der Waals surface area contributed by atoms with Gasteiger partial charge in [0.25, 0.3) is 0 Å². The molecule has 2 aromatic rings. The molecule has 0 saturated heterocycles. The average Bonchev–Trinajstić information content (AvgIpc) is 2.22. The van der Waals surface area contributed by atoms with Gasteiger partial charge in [-0.15, -0.1) is 0 Å². The smallest absolute Gasteiger partial charge is 0.130 e. The highest BCUT2D eigenvalue weighted by atomic mass is 15.0. The Labute approximate surface area is 89.0 Å². The molecule has 76 valence electrons. The summed E-state index contributed by atoms with van der Waals surface area (Å²) in [6, 6.07) is 11.6. The Morgan fingerprint density at radius 3 is 2.73 bits per heavy atom. The zero-order valence-electron chi connectivity index (χ0n) is 8.57. The van der Waals surface area contributed by atoms with Crippen LogP contribution in [0.2, 0.25) is 0 Å². The molecule has 0 saturated carbocycles. The number of hydrogen-bond donors (Lipinski definition) is 2. The summed E-state index contributed by atoms with van der Waals surface area (Å²) in [6.07, 6.45) is 1.83. The van der Waals surface area contributed by atoms with E-state index in [1.165, 1.54) is 0 Å². The van der Waals surface area contributed by atoms with Gasteiger partial charge in [-0.1, -0.05) is 12.1 Å². The first-order chi connectivity index (χ1) is 7.24. The summed E-state index contributed by atoms with van der Waals surface area (Å²) in [5.74, 6) is 0.825. The predicted molar refractivity (Wildman–Crippen MR) is 63.1 cm³/mol. The molecule has 1 heterocycles. The van der Waals surface area contributed by atoms with Crippen LogP contribution in [0.4, 0.5) is 17.2 Å². The lowest BCUT2D eigenvalue weighted by Crippen LogP contribution is -1.94. The van der Waals surface area contributed by atoms with E-state index in [2.05, 4.69) is 10.3 Å². The molecule has 0 radical (unpaired) electrons. The Morgan fingerprint density at radius 1 is 1.20 bits per heavy atom. The topological polar surface area (TPSA) is 50.9 Å². The normalized spacial score (nSPS) is 9.93. The maximum Gasteiger partial charge on any atom is 0.130 e. The van der Waals surface area contributed by atoms with E-state index in [4.69, 9.17) is 5.73 Å². The summed E-state index contributed by atoms with van der Waals surface area (Å²) < 4.78 is 0. The third kappa shape index (κ3) is 2.47. The minimum Gasteiger partial charge on any atom is -0.399 e. The number of benzene rings is 1. The molecule has 0 amide bonds. The van der Waals surface area contributed by atoms with Crippen LogP contribution < -0.4 is 11.1 Å². The highest BCUT2D eigenvalue weighted by Crippen LogP contribution is 2.16. The molecule has 0 unspecified atom stereocenters. The van der Waals surface area contributed by atoms with Crippen LogP contribution in [0.5, 0.6) is 0 Å². The number of rotatable bonds is 2. The van der Waals surface area contributed by atoms with E-state index in [1.807, 2.05) is 49.5 Å². The third-order valence-corrected chi connectivity index (χ3v) is 2.07. The number of nitrogens with two attached hydrogens (primary N) is 1. The zero-order valence-corrected chi connectivity index (χ0v) is 8.57. The van der Waals surface area contributed by atoms with Crippen molar-refractivity contribution in [3.8, 4) is 0 Å². The summed E-state index contributed by atoms with van der Waals surface area (Å²) in [6.45, 7) is 2.01. The fourth-order valence-corrected chi connectivity index (χ4v) is 1.31. The Morgan fingerprint density at radius 2 is 2.07 bits per heavy atom. The van der Waals surface area contributed by atoms with Gasteiger partial charge in [-0.25, -0.2) is 4.98 Å². The van der Waals surface area contributed by atoms with Gasteiger partial charge in [-0.05, 0) is 36.8 Å². The lowest BCUT2D eigenvalue weighted by Gasteiger charge is -2.05. The van der Waals surface area contributed by atoms with E-state index < -0.39 is 0 Å². The predicted octanol–water partition coefficient (Wildman–Crippen LogP) is 2.72. The van der Waals surface area contributed by atoms with Crippen LogP contribution in [0.1, 0.15) is 5.56 Å². The van der Waals surface area contributed by atoms with Crippen LogP contribution in [0.3, 0.4) is 0 Å². The second-order valence-corrected chi connectivity index (χ2v) is 3.47. The van der Waals surface area contributed by atoms with Gasteiger partial charge < -0.3 is 11.1 Å². The van der Waals surface area contributed by atoms with Gasteiger partial charge in [0.15, 0.2) is 0 Å². The lowest BCUT2D eigenvalue weighted by atomic mass is 10.2. The molecule has 0 aliphatic rings. The molecule has 0 aliphatic heterocycles. The zero-order chi connectivity index (χ0) is 10.7. The van der Waals surface area contributed by atoms with E-state index in [9.17, 15) is 0 Å². The largest absolute Gasteiger partial charge is 0.399 e. The van der Waals surface area contributed by atoms with Crippen molar-refractivity contribution in [2.45, 2.75) is 6.92 Å². The summed E-state index contributed by atoms with van der Waals surface area (Å²) in [5, 5.41) is 3.18. The molecule has 3 N–H and O–H groups in total. The number of nitrogens with zero attached hydrogens (tertiary/aromatic N) is 1. The van der Waals surface area contributed by atoms with Crippen molar-refractivity contribution in [1.29, 1.82) is 0 Å². The molecule has 0 atom stereocenters.